The molecule has 0 bridgehead atoms. The van der Waals surface area contributed by atoms with Crippen LogP contribution < -0.4 is 14.5 Å². The summed E-state index contributed by atoms with van der Waals surface area (Å²) in [4.78, 5) is 6.46. The number of hydrogen-bond donors (Lipinski definition) is 1. The predicted octanol–water partition coefficient (Wildman–Crippen LogP) is 2.02. The van der Waals surface area contributed by atoms with Gasteiger partial charge in [0.2, 0.25) is 10.0 Å². The summed E-state index contributed by atoms with van der Waals surface area (Å²) >= 11 is 0. The fraction of sp³-hybridized carbons (Fsp3) is 0.350. The van der Waals surface area contributed by atoms with Crippen LogP contribution >= 0.6 is 0 Å². The van der Waals surface area contributed by atoms with E-state index in [1.165, 1.54) is 9.87 Å². The maximum Gasteiger partial charge on any atom is 0.236 e. The van der Waals surface area contributed by atoms with E-state index in [4.69, 9.17) is 0 Å². The molecule has 2 aromatic carbocycles. The van der Waals surface area contributed by atoms with Gasteiger partial charge in [0, 0.05) is 32.4 Å². The number of para-hydroxylation sites is 2. The van der Waals surface area contributed by atoms with Crippen LogP contribution in [0, 0.1) is 0 Å². The SMILES string of the molecule is CN=C(NCCS(=O)(=O)N1CCc2ccccc21)N1CCc2ccccc21. The van der Waals surface area contributed by atoms with Crippen LogP contribution in [0.2, 0.25) is 0 Å². The molecule has 1 N–H and O–H groups in total. The first-order chi connectivity index (χ1) is 13.1. The highest BCUT2D eigenvalue weighted by Crippen LogP contribution is 2.30. The minimum absolute atomic E-state index is 0.0375. The standard InChI is InChI=1S/C20H24N4O2S/c1-21-20(23-13-10-16-6-2-4-8-18(16)23)22-12-15-27(25,26)24-14-11-17-7-3-5-9-19(17)24/h2-9H,10-15H2,1H3,(H,21,22). The Kier molecular flexibility index (Phi) is 4.78. The number of aliphatic imine (C=N–C) groups is 1. The molecule has 27 heavy (non-hydrogen) atoms. The molecule has 2 aliphatic rings. The average Bonchev–Trinajstić information content (AvgIpc) is 3.30. The molecular formula is C20H24N4O2S. The van der Waals surface area contributed by atoms with Gasteiger partial charge >= 0.3 is 0 Å². The van der Waals surface area contributed by atoms with Crippen LogP contribution in [0.4, 0.5) is 11.4 Å². The fourth-order valence-electron chi connectivity index (χ4n) is 3.85. The molecule has 2 aliphatic heterocycles. The minimum Gasteiger partial charge on any atom is -0.355 e. The zero-order valence-electron chi connectivity index (χ0n) is 15.4. The third-order valence-corrected chi connectivity index (χ3v) is 6.95. The van der Waals surface area contributed by atoms with E-state index in [1.807, 2.05) is 36.4 Å². The molecule has 0 spiro atoms. The molecule has 0 saturated carbocycles. The first kappa shape index (κ1) is 17.9. The van der Waals surface area contributed by atoms with Gasteiger partial charge in [0.25, 0.3) is 0 Å². The Labute approximate surface area is 160 Å². The van der Waals surface area contributed by atoms with E-state index in [2.05, 4.69) is 27.3 Å². The quantitative estimate of drug-likeness (QED) is 0.647. The van der Waals surface area contributed by atoms with Crippen LogP contribution in [-0.4, -0.2) is 46.8 Å². The molecule has 0 radical (unpaired) electrons. The Morgan fingerprint density at radius 2 is 1.63 bits per heavy atom. The number of fused-ring (bicyclic) bond motifs is 2. The van der Waals surface area contributed by atoms with Crippen molar-refractivity contribution >= 4 is 27.4 Å². The molecule has 0 fully saturated rings. The molecule has 6 nitrogen and oxygen atoms in total. The number of nitrogens with zero attached hydrogens (tertiary/aromatic N) is 3. The Hall–Kier alpha value is -2.54. The van der Waals surface area contributed by atoms with Crippen LogP contribution in [0.5, 0.6) is 0 Å². The molecule has 0 aromatic heterocycles. The van der Waals surface area contributed by atoms with Gasteiger partial charge < -0.3 is 10.2 Å². The summed E-state index contributed by atoms with van der Waals surface area (Å²) in [6.45, 7) is 1.70. The van der Waals surface area contributed by atoms with E-state index >= 15 is 0 Å². The van der Waals surface area contributed by atoms with Gasteiger partial charge in [-0.3, -0.25) is 9.30 Å². The zero-order chi connectivity index (χ0) is 18.9. The Morgan fingerprint density at radius 1 is 1.00 bits per heavy atom. The zero-order valence-corrected chi connectivity index (χ0v) is 16.2. The number of benzene rings is 2. The topological polar surface area (TPSA) is 65.0 Å². The lowest BCUT2D eigenvalue weighted by Gasteiger charge is -2.23. The van der Waals surface area contributed by atoms with Crippen molar-refractivity contribution in [2.24, 2.45) is 4.99 Å². The fourth-order valence-corrected chi connectivity index (χ4v) is 5.28. The van der Waals surface area contributed by atoms with Gasteiger partial charge in [-0.25, -0.2) is 8.42 Å². The van der Waals surface area contributed by atoms with E-state index in [0.717, 1.165) is 42.3 Å². The van der Waals surface area contributed by atoms with Crippen LogP contribution in [0.15, 0.2) is 53.5 Å². The van der Waals surface area contributed by atoms with E-state index in [9.17, 15) is 8.42 Å². The third-order valence-electron chi connectivity index (χ3n) is 5.18. The second kappa shape index (κ2) is 7.23. The highest BCUT2D eigenvalue weighted by Gasteiger charge is 2.29. The first-order valence-electron chi connectivity index (χ1n) is 9.24. The van der Waals surface area contributed by atoms with Crippen molar-refractivity contribution in [1.82, 2.24) is 5.32 Å². The van der Waals surface area contributed by atoms with Crippen LogP contribution in [0.1, 0.15) is 11.1 Å². The number of nitrogens with one attached hydrogen (secondary N) is 1. The Morgan fingerprint density at radius 3 is 2.37 bits per heavy atom. The maximum absolute atomic E-state index is 12.8. The van der Waals surface area contributed by atoms with E-state index in [1.54, 1.807) is 7.05 Å². The second-order valence-corrected chi connectivity index (χ2v) is 8.78. The van der Waals surface area contributed by atoms with Gasteiger partial charge in [0.05, 0.1) is 11.4 Å². The minimum atomic E-state index is -3.36. The molecule has 2 aromatic rings. The monoisotopic (exact) mass is 384 g/mol. The van der Waals surface area contributed by atoms with Crippen molar-refractivity contribution in [3.05, 3.63) is 59.7 Å². The molecule has 0 amide bonds. The van der Waals surface area contributed by atoms with Crippen molar-refractivity contribution < 1.29 is 8.42 Å². The molecule has 2 heterocycles. The van der Waals surface area contributed by atoms with Gasteiger partial charge in [0.15, 0.2) is 5.96 Å². The number of anilines is 2. The summed E-state index contributed by atoms with van der Waals surface area (Å²) in [7, 11) is -1.63. The lowest BCUT2D eigenvalue weighted by molar-refractivity contribution is 0.591. The number of hydrogen-bond acceptors (Lipinski definition) is 3. The normalized spacial score (nSPS) is 16.4. The molecular weight excluding hydrogens is 360 g/mol. The number of rotatable bonds is 4. The molecule has 7 heteroatoms. The Balaban J connectivity index is 1.41. The van der Waals surface area contributed by atoms with E-state index < -0.39 is 10.0 Å². The van der Waals surface area contributed by atoms with Crippen molar-refractivity contribution in [3.63, 3.8) is 0 Å². The first-order valence-corrected chi connectivity index (χ1v) is 10.9. The maximum atomic E-state index is 12.8. The van der Waals surface area contributed by atoms with Crippen molar-refractivity contribution in [1.29, 1.82) is 0 Å². The van der Waals surface area contributed by atoms with Gasteiger partial charge in [0.1, 0.15) is 0 Å². The highest BCUT2D eigenvalue weighted by atomic mass is 32.2. The number of guanidine groups is 1. The molecule has 0 atom stereocenters. The van der Waals surface area contributed by atoms with Gasteiger partial charge in [-0.2, -0.15) is 0 Å². The van der Waals surface area contributed by atoms with Gasteiger partial charge in [-0.15, -0.1) is 0 Å². The Bertz CT molecular complexity index is 971. The van der Waals surface area contributed by atoms with Crippen LogP contribution in [-0.2, 0) is 22.9 Å². The number of sulfonamides is 1. The van der Waals surface area contributed by atoms with Crippen molar-refractivity contribution in [2.45, 2.75) is 12.8 Å². The molecule has 0 aliphatic carbocycles. The summed E-state index contributed by atoms with van der Waals surface area (Å²) in [5.41, 5.74) is 4.34. The lowest BCUT2D eigenvalue weighted by atomic mass is 10.2. The molecule has 142 valence electrons. The van der Waals surface area contributed by atoms with E-state index in [-0.39, 0.29) is 5.75 Å². The van der Waals surface area contributed by atoms with Gasteiger partial charge in [-0.1, -0.05) is 36.4 Å². The van der Waals surface area contributed by atoms with E-state index in [0.29, 0.717) is 13.1 Å². The largest absolute Gasteiger partial charge is 0.355 e. The molecule has 4 rings (SSSR count). The predicted molar refractivity (Wildman–Crippen MR) is 110 cm³/mol. The summed E-state index contributed by atoms with van der Waals surface area (Å²) in [6, 6.07) is 16.0. The summed E-state index contributed by atoms with van der Waals surface area (Å²) < 4.78 is 27.2. The van der Waals surface area contributed by atoms with Crippen molar-refractivity contribution in [3.8, 4) is 0 Å². The smallest absolute Gasteiger partial charge is 0.236 e. The third kappa shape index (κ3) is 3.39. The second-order valence-electron chi connectivity index (χ2n) is 6.77. The summed E-state index contributed by atoms with van der Waals surface area (Å²) in [5, 5.41) is 3.23. The lowest BCUT2D eigenvalue weighted by Crippen LogP contribution is -2.43. The molecule has 0 saturated heterocycles. The average molecular weight is 385 g/mol. The highest BCUT2D eigenvalue weighted by molar-refractivity contribution is 7.92. The van der Waals surface area contributed by atoms with Gasteiger partial charge in [-0.05, 0) is 36.1 Å². The van der Waals surface area contributed by atoms with Crippen LogP contribution in [0.25, 0.3) is 0 Å². The van der Waals surface area contributed by atoms with Crippen LogP contribution in [0.3, 0.4) is 0 Å². The summed E-state index contributed by atoms with van der Waals surface area (Å²) in [6.07, 6.45) is 1.74. The van der Waals surface area contributed by atoms with Crippen molar-refractivity contribution in [2.75, 3.05) is 41.6 Å². The molecule has 0 unspecified atom stereocenters. The summed E-state index contributed by atoms with van der Waals surface area (Å²) in [5.74, 6) is 0.757.